The third kappa shape index (κ3) is 5.60. The number of thioether (sulfide) groups is 1. The molecule has 5 rings (SSSR count). The number of ether oxygens (including phenoxy) is 1. The summed E-state index contributed by atoms with van der Waals surface area (Å²) < 4.78 is 36.5. The van der Waals surface area contributed by atoms with Gasteiger partial charge in [0.15, 0.2) is 5.78 Å². The Hall–Kier alpha value is -1.72. The fraction of sp³-hybridized carbons (Fsp3) is 0.607. The zero-order chi connectivity index (χ0) is 28.2. The van der Waals surface area contributed by atoms with Crippen molar-refractivity contribution in [3.63, 3.8) is 0 Å². The summed E-state index contributed by atoms with van der Waals surface area (Å²) >= 11 is 8.05. The number of hydrogen-bond donors (Lipinski definition) is 0. The number of benzene rings is 1. The molecule has 3 fully saturated rings. The minimum atomic E-state index is -1.73. The van der Waals surface area contributed by atoms with Gasteiger partial charge in [-0.05, 0) is 52.4 Å². The highest BCUT2D eigenvalue weighted by Crippen LogP contribution is 2.48. The molecule has 0 N–H and O–H groups in total. The molecule has 212 valence electrons. The monoisotopic (exact) mass is 580 g/mol. The van der Waals surface area contributed by atoms with Gasteiger partial charge in [-0.15, -0.1) is 11.6 Å². The molecule has 0 aromatic heterocycles. The fourth-order valence-corrected chi connectivity index (χ4v) is 7.73. The Kier molecular flexibility index (Phi) is 8.07. The van der Waals surface area contributed by atoms with E-state index < -0.39 is 41.0 Å². The van der Waals surface area contributed by atoms with Crippen LogP contribution in [0.4, 0.5) is 8.78 Å². The summed E-state index contributed by atoms with van der Waals surface area (Å²) in [5, 5.41) is -0.544. The topological polar surface area (TPSA) is 56.3 Å². The van der Waals surface area contributed by atoms with Crippen molar-refractivity contribution in [3.05, 3.63) is 47.0 Å². The van der Waals surface area contributed by atoms with Gasteiger partial charge in [0.25, 0.3) is 0 Å². The first kappa shape index (κ1) is 28.8. The van der Waals surface area contributed by atoms with Crippen molar-refractivity contribution in [1.29, 1.82) is 0 Å². The number of amides is 1. The summed E-state index contributed by atoms with van der Waals surface area (Å²) in [4.78, 5) is 35.8. The minimum Gasteiger partial charge on any atom is -0.366 e. The van der Waals surface area contributed by atoms with Crippen LogP contribution in [-0.4, -0.2) is 112 Å². The number of ketones is 1. The highest BCUT2D eigenvalue weighted by atomic mass is 35.5. The van der Waals surface area contributed by atoms with E-state index in [-0.39, 0.29) is 36.4 Å². The summed E-state index contributed by atoms with van der Waals surface area (Å²) in [6.45, 7) is 13.8. The largest absolute Gasteiger partial charge is 0.366 e. The van der Waals surface area contributed by atoms with Crippen LogP contribution in [0.25, 0.3) is 5.70 Å². The fourth-order valence-electron chi connectivity index (χ4n) is 6.00. The number of hydrogen-bond acceptors (Lipinski definition) is 7. The van der Waals surface area contributed by atoms with Crippen LogP contribution in [0.3, 0.4) is 0 Å². The van der Waals surface area contributed by atoms with Gasteiger partial charge in [-0.3, -0.25) is 14.5 Å². The number of carbonyl (C=O) groups excluding carboxylic acids is 2. The molecule has 1 aromatic rings. The third-order valence-corrected chi connectivity index (χ3v) is 9.58. The first-order valence-electron chi connectivity index (χ1n) is 13.3. The Morgan fingerprint density at radius 2 is 1.97 bits per heavy atom. The van der Waals surface area contributed by atoms with Gasteiger partial charge in [0.1, 0.15) is 41.8 Å². The van der Waals surface area contributed by atoms with Gasteiger partial charge in [0.05, 0.1) is 11.1 Å². The van der Waals surface area contributed by atoms with E-state index in [9.17, 15) is 9.59 Å². The van der Waals surface area contributed by atoms with E-state index in [4.69, 9.17) is 23.3 Å². The molecular weight excluding hydrogens is 546 g/mol. The lowest BCUT2D eigenvalue weighted by molar-refractivity contribution is -0.142. The number of alkyl halides is 2. The average Bonchev–Trinajstić information content (AvgIpc) is 3.51. The predicted octanol–water partition coefficient (Wildman–Crippen LogP) is 3.45. The number of likely N-dealkylation sites (N-methyl/N-ethyl adjacent to an activating group) is 1. The summed E-state index contributed by atoms with van der Waals surface area (Å²) in [5.74, 6) is -1.13. The molecule has 4 aliphatic heterocycles. The van der Waals surface area contributed by atoms with Gasteiger partial charge in [-0.1, -0.05) is 17.8 Å². The second-order valence-corrected chi connectivity index (χ2v) is 13.3. The zero-order valence-electron chi connectivity index (χ0n) is 22.7. The molecular formula is C28H35ClF2N4O3S. The van der Waals surface area contributed by atoms with Crippen LogP contribution in [0, 0.1) is 12.7 Å². The Labute approximate surface area is 238 Å². The predicted molar refractivity (Wildman–Crippen MR) is 148 cm³/mol. The Morgan fingerprint density at radius 3 is 2.62 bits per heavy atom. The normalized spacial score (nSPS) is 29.5. The van der Waals surface area contributed by atoms with Gasteiger partial charge in [0.2, 0.25) is 5.91 Å². The molecule has 11 heteroatoms. The van der Waals surface area contributed by atoms with Crippen molar-refractivity contribution >= 4 is 40.8 Å². The Morgan fingerprint density at radius 1 is 1.28 bits per heavy atom. The lowest BCUT2D eigenvalue weighted by Gasteiger charge is -2.45. The van der Waals surface area contributed by atoms with E-state index >= 15 is 8.78 Å². The maximum Gasteiger partial charge on any atom is 0.246 e. The smallest absolute Gasteiger partial charge is 0.246 e. The number of fused-ring (bicyclic) bond motifs is 1. The number of halogens is 3. The summed E-state index contributed by atoms with van der Waals surface area (Å²) in [6, 6.07) is 2.68. The summed E-state index contributed by atoms with van der Waals surface area (Å²) in [5.41, 5.74) is -0.959. The quantitative estimate of drug-likeness (QED) is 0.478. The van der Waals surface area contributed by atoms with Gasteiger partial charge >= 0.3 is 0 Å². The first-order valence-corrected chi connectivity index (χ1v) is 14.6. The molecule has 1 amide bonds. The van der Waals surface area contributed by atoms with Crippen LogP contribution in [0.5, 0.6) is 0 Å². The molecule has 7 nitrogen and oxygen atoms in total. The van der Waals surface area contributed by atoms with E-state index in [0.717, 1.165) is 31.1 Å². The second kappa shape index (κ2) is 10.9. The maximum absolute atomic E-state index is 15.5. The molecule has 0 bridgehead atoms. The molecule has 0 saturated carbocycles. The van der Waals surface area contributed by atoms with Crippen molar-refractivity contribution in [3.8, 4) is 0 Å². The van der Waals surface area contributed by atoms with Crippen LogP contribution in [0.1, 0.15) is 38.3 Å². The van der Waals surface area contributed by atoms with E-state index in [1.165, 1.54) is 36.6 Å². The highest BCUT2D eigenvalue weighted by molar-refractivity contribution is 8.04. The molecule has 39 heavy (non-hydrogen) atoms. The molecule has 2 radical (unpaired) electrons. The van der Waals surface area contributed by atoms with Gasteiger partial charge < -0.3 is 19.4 Å². The van der Waals surface area contributed by atoms with Gasteiger partial charge in [-0.25, -0.2) is 8.78 Å². The molecule has 4 heterocycles. The lowest BCUT2D eigenvalue weighted by Crippen LogP contribution is -2.59. The number of rotatable bonds is 6. The number of nitrogens with zero attached hydrogens (tertiary/aromatic N) is 4. The van der Waals surface area contributed by atoms with Crippen molar-refractivity contribution in [2.45, 2.75) is 61.9 Å². The van der Waals surface area contributed by atoms with E-state index in [1.54, 1.807) is 12.1 Å². The highest BCUT2D eigenvalue weighted by Gasteiger charge is 2.55. The molecule has 5 atom stereocenters. The van der Waals surface area contributed by atoms with Crippen LogP contribution >= 0.6 is 23.4 Å². The van der Waals surface area contributed by atoms with Crippen molar-refractivity contribution in [1.82, 2.24) is 19.6 Å². The average molecular weight is 581 g/mol. The molecule has 0 spiro atoms. The molecule has 5 unspecified atom stereocenters. The third-order valence-electron chi connectivity index (χ3n) is 7.92. The summed E-state index contributed by atoms with van der Waals surface area (Å²) in [7, 11) is 2.06. The SMILES string of the molecule is [CH]c1ccc(C2=C(C)SC(N3CCN(C)CC3)N2C(CC(C)(C)F)C(=O)N2CC(Cl)C3OCC(=O)C32)c(F)c1. The van der Waals surface area contributed by atoms with Crippen LogP contribution in [0.2, 0.25) is 0 Å². The molecule has 4 aliphatic rings. The van der Waals surface area contributed by atoms with E-state index in [1.807, 2.05) is 11.8 Å². The summed E-state index contributed by atoms with van der Waals surface area (Å²) in [6.07, 6.45) is -0.741. The van der Waals surface area contributed by atoms with Crippen molar-refractivity contribution < 1.29 is 23.1 Å². The van der Waals surface area contributed by atoms with Crippen molar-refractivity contribution in [2.75, 3.05) is 46.4 Å². The van der Waals surface area contributed by atoms with Gasteiger partial charge in [0, 0.05) is 49.6 Å². The minimum absolute atomic E-state index is 0.105. The number of piperazine rings is 1. The Balaban J connectivity index is 1.59. The first-order chi connectivity index (χ1) is 18.4. The number of likely N-dealkylation sites (tertiary alicyclic amines) is 1. The van der Waals surface area contributed by atoms with Gasteiger partial charge in [-0.2, -0.15) is 0 Å². The van der Waals surface area contributed by atoms with Crippen molar-refractivity contribution in [2.24, 2.45) is 0 Å². The zero-order valence-corrected chi connectivity index (χ0v) is 24.3. The van der Waals surface area contributed by atoms with Crippen LogP contribution in [-0.2, 0) is 14.3 Å². The van der Waals surface area contributed by atoms with E-state index in [0.29, 0.717) is 11.3 Å². The number of allylic oxidation sites excluding steroid dienone is 1. The van der Waals surface area contributed by atoms with Crippen LogP contribution < -0.4 is 0 Å². The molecule has 0 aliphatic carbocycles. The second-order valence-electron chi connectivity index (χ2n) is 11.5. The Bertz CT molecular complexity index is 1170. The number of carbonyl (C=O) groups is 2. The van der Waals surface area contributed by atoms with Crippen LogP contribution in [0.15, 0.2) is 23.1 Å². The molecule has 1 aromatic carbocycles. The molecule has 3 saturated heterocycles. The van der Waals surface area contributed by atoms with E-state index in [2.05, 4.69) is 16.8 Å². The standard InChI is InChI=1S/C28H35ClF2N4O3S/c1-16-6-7-18(20(30)12-16)23-17(2)39-27(33-10-8-32(5)9-11-33)35(23)21(13-28(3,4)31)26(37)34-14-19(29)25-24(34)22(36)15-38-25/h1,6-7,12,19,21,24-25,27H,8-11,13-15H2,2-5H3. The number of Topliss-reactive ketones (excluding diaryl/α,β-unsaturated/α-hetero) is 1. The lowest BCUT2D eigenvalue weighted by atomic mass is 9.96. The maximum atomic E-state index is 15.5.